The Kier molecular flexibility index (Phi) is 5.03. The Morgan fingerprint density at radius 1 is 1.40 bits per heavy atom. The summed E-state index contributed by atoms with van der Waals surface area (Å²) in [5, 5.41) is 3.46. The third-order valence-electron chi connectivity index (χ3n) is 2.87. The summed E-state index contributed by atoms with van der Waals surface area (Å²) in [5.74, 6) is 0. The van der Waals surface area contributed by atoms with Gasteiger partial charge in [0.1, 0.15) is 0 Å². The zero-order chi connectivity index (χ0) is 11.3. The maximum atomic E-state index is 5.64. The first-order chi connectivity index (χ1) is 6.99. The van der Waals surface area contributed by atoms with Gasteiger partial charge in [0, 0.05) is 19.1 Å². The second kappa shape index (κ2) is 5.83. The molecular weight excluding hydrogens is 188 g/mol. The smallest absolute Gasteiger partial charge is 0.0599 e. The average molecular weight is 214 g/mol. The highest BCUT2D eigenvalue weighted by atomic mass is 16.5. The van der Waals surface area contributed by atoms with Crippen LogP contribution >= 0.6 is 0 Å². The van der Waals surface area contributed by atoms with Crippen LogP contribution in [-0.4, -0.2) is 49.8 Å². The fourth-order valence-electron chi connectivity index (χ4n) is 1.94. The summed E-state index contributed by atoms with van der Waals surface area (Å²) in [4.78, 5) is 2.44. The van der Waals surface area contributed by atoms with Crippen LogP contribution in [0.5, 0.6) is 0 Å². The molecule has 1 fully saturated rings. The molecule has 1 rings (SSSR count). The molecule has 3 nitrogen and oxygen atoms in total. The average Bonchev–Trinajstić information content (AvgIpc) is 2.49. The zero-order valence-electron chi connectivity index (χ0n) is 10.7. The van der Waals surface area contributed by atoms with Crippen molar-refractivity contribution in [1.29, 1.82) is 0 Å². The highest BCUT2D eigenvalue weighted by Crippen LogP contribution is 2.13. The van der Waals surface area contributed by atoms with Gasteiger partial charge in [-0.05, 0) is 47.2 Å². The van der Waals surface area contributed by atoms with Crippen LogP contribution in [0, 0.1) is 0 Å². The first kappa shape index (κ1) is 12.9. The molecule has 0 aliphatic carbocycles. The fourth-order valence-corrected chi connectivity index (χ4v) is 1.94. The topological polar surface area (TPSA) is 24.5 Å². The Balaban J connectivity index is 1.97. The van der Waals surface area contributed by atoms with Crippen LogP contribution < -0.4 is 5.32 Å². The minimum Gasteiger partial charge on any atom is -0.375 e. The Morgan fingerprint density at radius 3 is 2.67 bits per heavy atom. The van der Waals surface area contributed by atoms with Crippen LogP contribution in [0.15, 0.2) is 0 Å². The van der Waals surface area contributed by atoms with Gasteiger partial charge in [-0.2, -0.15) is 0 Å². The molecular formula is C12H26N2O. The van der Waals surface area contributed by atoms with Gasteiger partial charge >= 0.3 is 0 Å². The number of rotatable bonds is 5. The van der Waals surface area contributed by atoms with E-state index in [9.17, 15) is 0 Å². The molecule has 0 amide bonds. The zero-order valence-corrected chi connectivity index (χ0v) is 10.7. The second-order valence-electron chi connectivity index (χ2n) is 5.44. The molecule has 3 heteroatoms. The van der Waals surface area contributed by atoms with Gasteiger partial charge in [0.15, 0.2) is 0 Å². The number of hydrogen-bond donors (Lipinski definition) is 1. The molecule has 1 saturated heterocycles. The van der Waals surface area contributed by atoms with E-state index in [1.165, 1.54) is 19.4 Å². The quantitative estimate of drug-likeness (QED) is 0.702. The summed E-state index contributed by atoms with van der Waals surface area (Å²) in [6.07, 6.45) is 2.69. The summed E-state index contributed by atoms with van der Waals surface area (Å²) in [6, 6.07) is 0.736. The van der Waals surface area contributed by atoms with Crippen molar-refractivity contribution in [3.05, 3.63) is 0 Å². The lowest BCUT2D eigenvalue weighted by Gasteiger charge is -2.22. The van der Waals surface area contributed by atoms with Gasteiger partial charge in [-0.1, -0.05) is 0 Å². The predicted octanol–water partition coefficient (Wildman–Crippen LogP) is 1.49. The highest BCUT2D eigenvalue weighted by molar-refractivity contribution is 4.77. The van der Waals surface area contributed by atoms with Gasteiger partial charge < -0.3 is 15.0 Å². The van der Waals surface area contributed by atoms with Crippen molar-refractivity contribution in [2.75, 3.05) is 33.3 Å². The Morgan fingerprint density at radius 2 is 2.13 bits per heavy atom. The molecule has 1 aliphatic heterocycles. The summed E-state index contributed by atoms with van der Waals surface area (Å²) in [6.45, 7) is 10.4. The van der Waals surface area contributed by atoms with E-state index in [2.05, 4.69) is 38.0 Å². The highest BCUT2D eigenvalue weighted by Gasteiger charge is 2.19. The maximum absolute atomic E-state index is 5.64. The maximum Gasteiger partial charge on any atom is 0.0599 e. The normalized spacial score (nSPS) is 23.6. The Labute approximate surface area is 94.2 Å². The monoisotopic (exact) mass is 214 g/mol. The van der Waals surface area contributed by atoms with Crippen LogP contribution in [0.3, 0.4) is 0 Å². The number of ether oxygens (including phenoxy) is 1. The minimum absolute atomic E-state index is 0.00811. The Hall–Kier alpha value is -0.120. The number of likely N-dealkylation sites (N-methyl/N-ethyl adjacent to an activating group) is 1. The predicted molar refractivity (Wildman–Crippen MR) is 64.2 cm³/mol. The summed E-state index contributed by atoms with van der Waals surface area (Å²) in [5.41, 5.74) is -0.00811. The number of hydrogen-bond acceptors (Lipinski definition) is 3. The second-order valence-corrected chi connectivity index (χ2v) is 5.44. The molecule has 1 N–H and O–H groups in total. The van der Waals surface area contributed by atoms with Gasteiger partial charge in [0.25, 0.3) is 0 Å². The lowest BCUT2D eigenvalue weighted by Crippen LogP contribution is -2.37. The SMILES string of the molecule is CN1CCCC1CNCCOC(C)(C)C. The van der Waals surface area contributed by atoms with Crippen molar-refractivity contribution < 1.29 is 4.74 Å². The van der Waals surface area contributed by atoms with Crippen molar-refractivity contribution in [3.63, 3.8) is 0 Å². The number of likely N-dealkylation sites (tertiary alicyclic amines) is 1. The van der Waals surface area contributed by atoms with Crippen LogP contribution in [0.1, 0.15) is 33.6 Å². The molecule has 90 valence electrons. The van der Waals surface area contributed by atoms with E-state index >= 15 is 0 Å². The molecule has 1 unspecified atom stereocenters. The summed E-state index contributed by atoms with van der Waals surface area (Å²) >= 11 is 0. The summed E-state index contributed by atoms with van der Waals surface area (Å²) in [7, 11) is 2.21. The first-order valence-corrected chi connectivity index (χ1v) is 6.04. The van der Waals surface area contributed by atoms with Crippen LogP contribution in [-0.2, 0) is 4.74 Å². The van der Waals surface area contributed by atoms with Crippen LogP contribution in [0.4, 0.5) is 0 Å². The largest absolute Gasteiger partial charge is 0.375 e. The van der Waals surface area contributed by atoms with E-state index in [0.717, 1.165) is 25.7 Å². The summed E-state index contributed by atoms with van der Waals surface area (Å²) < 4.78 is 5.64. The standard InChI is InChI=1S/C12H26N2O/c1-12(2,3)15-9-7-13-10-11-6-5-8-14(11)4/h11,13H,5-10H2,1-4H3. The fraction of sp³-hybridized carbons (Fsp3) is 1.00. The van der Waals surface area contributed by atoms with Crippen molar-refractivity contribution in [2.45, 2.75) is 45.3 Å². The van der Waals surface area contributed by atoms with Crippen LogP contribution in [0.2, 0.25) is 0 Å². The minimum atomic E-state index is -0.00811. The molecule has 0 radical (unpaired) electrons. The molecule has 15 heavy (non-hydrogen) atoms. The van der Waals surface area contributed by atoms with Gasteiger partial charge in [0.05, 0.1) is 12.2 Å². The molecule has 1 aliphatic rings. The molecule has 0 bridgehead atoms. The first-order valence-electron chi connectivity index (χ1n) is 6.04. The molecule has 0 aromatic carbocycles. The third-order valence-corrected chi connectivity index (χ3v) is 2.87. The van der Waals surface area contributed by atoms with E-state index in [1.54, 1.807) is 0 Å². The lowest BCUT2D eigenvalue weighted by atomic mass is 10.2. The third kappa shape index (κ3) is 5.50. The van der Waals surface area contributed by atoms with E-state index < -0.39 is 0 Å². The van der Waals surface area contributed by atoms with Crippen molar-refractivity contribution in [3.8, 4) is 0 Å². The lowest BCUT2D eigenvalue weighted by molar-refractivity contribution is -0.00107. The van der Waals surface area contributed by atoms with E-state index in [4.69, 9.17) is 4.74 Å². The van der Waals surface area contributed by atoms with Crippen molar-refractivity contribution in [2.24, 2.45) is 0 Å². The number of nitrogens with zero attached hydrogens (tertiary/aromatic N) is 1. The molecule has 0 aromatic rings. The van der Waals surface area contributed by atoms with E-state index in [1.807, 2.05) is 0 Å². The van der Waals surface area contributed by atoms with Crippen molar-refractivity contribution >= 4 is 0 Å². The van der Waals surface area contributed by atoms with E-state index in [-0.39, 0.29) is 5.60 Å². The van der Waals surface area contributed by atoms with Gasteiger partial charge in [-0.3, -0.25) is 0 Å². The van der Waals surface area contributed by atoms with Crippen molar-refractivity contribution in [1.82, 2.24) is 10.2 Å². The van der Waals surface area contributed by atoms with Gasteiger partial charge in [-0.15, -0.1) is 0 Å². The molecule has 0 saturated carbocycles. The van der Waals surface area contributed by atoms with E-state index in [0.29, 0.717) is 0 Å². The molecule has 0 aromatic heterocycles. The van der Waals surface area contributed by atoms with Gasteiger partial charge in [0.2, 0.25) is 0 Å². The molecule has 1 atom stereocenters. The van der Waals surface area contributed by atoms with Gasteiger partial charge in [-0.25, -0.2) is 0 Å². The van der Waals surface area contributed by atoms with Crippen LogP contribution in [0.25, 0.3) is 0 Å². The number of nitrogens with one attached hydrogen (secondary N) is 1. The molecule has 0 spiro atoms. The Bertz CT molecular complexity index is 177. The molecule has 1 heterocycles.